The number of nitrogens with zero attached hydrogens (tertiary/aromatic N) is 4. The number of amides is 2. The monoisotopic (exact) mass is 512 g/mol. The third-order valence-electron chi connectivity index (χ3n) is 4.86. The van der Waals surface area contributed by atoms with Gasteiger partial charge in [-0.1, -0.05) is 53.7 Å². The lowest BCUT2D eigenvalue weighted by Gasteiger charge is -2.13. The summed E-state index contributed by atoms with van der Waals surface area (Å²) in [6, 6.07) is 16.1. The van der Waals surface area contributed by atoms with Gasteiger partial charge in [0.1, 0.15) is 0 Å². The summed E-state index contributed by atoms with van der Waals surface area (Å²) in [4.78, 5) is 29.4. The number of benzene rings is 2. The molecule has 0 aliphatic heterocycles. The van der Waals surface area contributed by atoms with Crippen LogP contribution >= 0.6 is 34.7 Å². The lowest BCUT2D eigenvalue weighted by Crippen LogP contribution is -2.28. The van der Waals surface area contributed by atoms with Crippen LogP contribution in [0.15, 0.2) is 65.1 Å². The van der Waals surface area contributed by atoms with E-state index in [-0.39, 0.29) is 23.6 Å². The normalized spacial score (nSPS) is 11.7. The number of carbonyl (C=O) groups is 2. The van der Waals surface area contributed by atoms with Crippen molar-refractivity contribution in [3.8, 4) is 11.3 Å². The van der Waals surface area contributed by atoms with Crippen molar-refractivity contribution in [2.24, 2.45) is 7.05 Å². The smallest absolute Gasteiger partial charge is 0.251 e. The minimum absolute atomic E-state index is 0.151. The molecule has 34 heavy (non-hydrogen) atoms. The van der Waals surface area contributed by atoms with Gasteiger partial charge in [-0.05, 0) is 31.2 Å². The highest BCUT2D eigenvalue weighted by molar-refractivity contribution is 7.99. The first kappa shape index (κ1) is 23.9. The van der Waals surface area contributed by atoms with Crippen molar-refractivity contribution in [2.75, 3.05) is 11.1 Å². The third kappa shape index (κ3) is 5.82. The zero-order valence-electron chi connectivity index (χ0n) is 18.4. The molecule has 2 heterocycles. The van der Waals surface area contributed by atoms with Crippen LogP contribution < -0.4 is 10.6 Å². The Bertz CT molecular complexity index is 1290. The molecular formula is C23H21ClN6O2S2. The summed E-state index contributed by atoms with van der Waals surface area (Å²) >= 11 is 8.51. The molecule has 11 heteroatoms. The largest absolute Gasteiger partial charge is 0.342 e. The molecule has 2 aromatic carbocycles. The van der Waals surface area contributed by atoms with Gasteiger partial charge in [-0.3, -0.25) is 9.59 Å². The Morgan fingerprint density at radius 2 is 1.85 bits per heavy atom. The standard InChI is InChI=1S/C23H21ClN6O2S2/c1-14(25-21(32)16-8-10-17(24)11-9-16)20-28-29-23(30(20)2)34-13-19(31)27-22-26-18(12-33-22)15-6-4-3-5-7-15/h3-12,14H,13H2,1-2H3,(H,25,32)(H,26,27,31)/t14-/m1/s1. The van der Waals surface area contributed by atoms with Crippen LogP contribution in [-0.4, -0.2) is 37.3 Å². The van der Waals surface area contributed by atoms with E-state index in [1.165, 1.54) is 23.1 Å². The van der Waals surface area contributed by atoms with Crippen LogP contribution in [0.4, 0.5) is 5.13 Å². The molecule has 0 bridgehead atoms. The SMILES string of the molecule is C[C@@H](NC(=O)c1ccc(Cl)cc1)c1nnc(SCC(=O)Nc2nc(-c3ccccc3)cs2)n1C. The summed E-state index contributed by atoms with van der Waals surface area (Å²) in [7, 11) is 1.80. The fraction of sp³-hybridized carbons (Fsp3) is 0.174. The van der Waals surface area contributed by atoms with E-state index < -0.39 is 0 Å². The molecule has 0 unspecified atom stereocenters. The summed E-state index contributed by atoms with van der Waals surface area (Å²) in [5, 5.41) is 17.7. The van der Waals surface area contributed by atoms with Crippen molar-refractivity contribution in [3.05, 3.63) is 76.4 Å². The van der Waals surface area contributed by atoms with Crippen LogP contribution in [0.3, 0.4) is 0 Å². The zero-order valence-corrected chi connectivity index (χ0v) is 20.7. The molecule has 4 rings (SSSR count). The molecule has 2 amide bonds. The number of halogens is 1. The first-order chi connectivity index (χ1) is 16.4. The van der Waals surface area contributed by atoms with Gasteiger partial charge < -0.3 is 15.2 Å². The van der Waals surface area contributed by atoms with E-state index in [0.29, 0.717) is 26.7 Å². The Kier molecular flexibility index (Phi) is 7.61. The van der Waals surface area contributed by atoms with Crippen molar-refractivity contribution in [1.82, 2.24) is 25.1 Å². The van der Waals surface area contributed by atoms with Crippen LogP contribution in [0.1, 0.15) is 29.1 Å². The molecule has 2 aromatic heterocycles. The Hall–Kier alpha value is -3.21. The zero-order chi connectivity index (χ0) is 24.1. The molecule has 0 saturated heterocycles. The van der Waals surface area contributed by atoms with Crippen molar-refractivity contribution in [3.63, 3.8) is 0 Å². The van der Waals surface area contributed by atoms with Gasteiger partial charge in [0.15, 0.2) is 16.1 Å². The molecule has 1 atom stereocenters. The van der Waals surface area contributed by atoms with Gasteiger partial charge in [0.05, 0.1) is 17.5 Å². The predicted octanol–water partition coefficient (Wildman–Crippen LogP) is 4.81. The molecule has 4 aromatic rings. The highest BCUT2D eigenvalue weighted by atomic mass is 35.5. The van der Waals surface area contributed by atoms with Gasteiger partial charge in [0, 0.05) is 28.6 Å². The average molecular weight is 513 g/mol. The topological polar surface area (TPSA) is 102 Å². The number of hydrogen-bond acceptors (Lipinski definition) is 7. The molecule has 174 valence electrons. The fourth-order valence-electron chi connectivity index (χ4n) is 3.13. The summed E-state index contributed by atoms with van der Waals surface area (Å²) in [6.45, 7) is 1.83. The predicted molar refractivity (Wildman–Crippen MR) is 135 cm³/mol. The number of thiazole rings is 1. The van der Waals surface area contributed by atoms with E-state index in [0.717, 1.165) is 11.3 Å². The van der Waals surface area contributed by atoms with Crippen LogP contribution in [-0.2, 0) is 11.8 Å². The molecule has 0 aliphatic rings. The van der Waals surface area contributed by atoms with Crippen molar-refractivity contribution < 1.29 is 9.59 Å². The minimum atomic E-state index is -0.379. The van der Waals surface area contributed by atoms with Crippen molar-refractivity contribution >= 4 is 51.6 Å². The average Bonchev–Trinajstić information content (AvgIpc) is 3.45. The summed E-state index contributed by atoms with van der Waals surface area (Å²) in [5.74, 6) is 0.307. The number of thioether (sulfide) groups is 1. The lowest BCUT2D eigenvalue weighted by atomic mass is 10.2. The maximum absolute atomic E-state index is 12.5. The van der Waals surface area contributed by atoms with Gasteiger partial charge in [0.2, 0.25) is 5.91 Å². The van der Waals surface area contributed by atoms with Crippen LogP contribution in [0.2, 0.25) is 5.02 Å². The third-order valence-corrected chi connectivity index (χ3v) is 6.89. The quantitative estimate of drug-likeness (QED) is 0.328. The van der Waals surface area contributed by atoms with Gasteiger partial charge in [0.25, 0.3) is 5.91 Å². The number of aromatic nitrogens is 4. The molecule has 0 fully saturated rings. The summed E-state index contributed by atoms with van der Waals surface area (Å²) in [5.41, 5.74) is 2.32. The minimum Gasteiger partial charge on any atom is -0.342 e. The molecular weight excluding hydrogens is 492 g/mol. The second-order valence-corrected chi connectivity index (χ2v) is 9.58. The number of anilines is 1. The molecule has 0 saturated carbocycles. The highest BCUT2D eigenvalue weighted by Crippen LogP contribution is 2.25. The summed E-state index contributed by atoms with van der Waals surface area (Å²) < 4.78 is 1.77. The number of carbonyl (C=O) groups excluding carboxylic acids is 2. The van der Waals surface area contributed by atoms with Crippen molar-refractivity contribution in [1.29, 1.82) is 0 Å². The van der Waals surface area contributed by atoms with Gasteiger partial charge >= 0.3 is 0 Å². The Morgan fingerprint density at radius 1 is 1.12 bits per heavy atom. The maximum atomic E-state index is 12.5. The van der Waals surface area contributed by atoms with Gasteiger partial charge in [-0.15, -0.1) is 21.5 Å². The van der Waals surface area contributed by atoms with Crippen molar-refractivity contribution in [2.45, 2.75) is 18.1 Å². The number of nitrogens with one attached hydrogen (secondary N) is 2. The number of hydrogen-bond donors (Lipinski definition) is 2. The molecule has 0 spiro atoms. The molecule has 0 radical (unpaired) electrons. The lowest BCUT2D eigenvalue weighted by molar-refractivity contribution is -0.113. The van der Waals surface area contributed by atoms with Crippen LogP contribution in [0.5, 0.6) is 0 Å². The first-order valence-electron chi connectivity index (χ1n) is 10.3. The Balaban J connectivity index is 1.31. The Labute approximate surface area is 209 Å². The van der Waals surface area contributed by atoms with Gasteiger partial charge in [-0.2, -0.15) is 0 Å². The van der Waals surface area contributed by atoms with E-state index >= 15 is 0 Å². The molecule has 8 nitrogen and oxygen atoms in total. The van der Waals surface area contributed by atoms with E-state index in [1.807, 2.05) is 42.6 Å². The van der Waals surface area contributed by atoms with Crippen LogP contribution in [0.25, 0.3) is 11.3 Å². The fourth-order valence-corrected chi connectivity index (χ4v) is 4.71. The summed E-state index contributed by atoms with van der Waals surface area (Å²) in [6.07, 6.45) is 0. The highest BCUT2D eigenvalue weighted by Gasteiger charge is 2.19. The number of rotatable bonds is 8. The Morgan fingerprint density at radius 3 is 2.59 bits per heavy atom. The van der Waals surface area contributed by atoms with Crippen LogP contribution in [0, 0.1) is 0 Å². The first-order valence-corrected chi connectivity index (χ1v) is 12.5. The van der Waals surface area contributed by atoms with E-state index in [1.54, 1.807) is 35.9 Å². The van der Waals surface area contributed by atoms with Gasteiger partial charge in [-0.25, -0.2) is 4.98 Å². The second kappa shape index (κ2) is 10.8. The molecule has 2 N–H and O–H groups in total. The van der Waals surface area contributed by atoms with E-state index in [4.69, 9.17) is 11.6 Å². The van der Waals surface area contributed by atoms with E-state index in [2.05, 4.69) is 25.8 Å². The molecule has 0 aliphatic carbocycles. The second-order valence-electron chi connectivity index (χ2n) is 7.34. The maximum Gasteiger partial charge on any atom is 0.251 e. The van der Waals surface area contributed by atoms with E-state index in [9.17, 15) is 9.59 Å².